The van der Waals surface area contributed by atoms with Gasteiger partial charge < -0.3 is 10.2 Å². The maximum atomic E-state index is 3.47. The average Bonchev–Trinajstić information content (AvgIpc) is 2.82. The Bertz CT molecular complexity index is 342. The van der Waals surface area contributed by atoms with E-state index in [0.29, 0.717) is 0 Å². The van der Waals surface area contributed by atoms with Crippen LogP contribution in [0.5, 0.6) is 0 Å². The molecular weight excluding hydrogens is 184 g/mol. The van der Waals surface area contributed by atoms with Crippen LogP contribution in [0.2, 0.25) is 0 Å². The fourth-order valence-corrected chi connectivity index (χ4v) is 2.90. The maximum Gasteiger partial charge on any atom is 0.0605 e. The standard InChI is InChI=1S/C13H18N2/c1-2-6-11(5-1)15-10-9-14-12-7-3-4-8-13(12)15/h3-4,7-8,11,14H,1-2,5-6,9-10H2. The van der Waals surface area contributed by atoms with E-state index in [1.165, 1.54) is 43.6 Å². The van der Waals surface area contributed by atoms with Crippen molar-refractivity contribution in [1.29, 1.82) is 0 Å². The second-order valence-electron chi connectivity index (χ2n) is 4.58. The quantitative estimate of drug-likeness (QED) is 0.753. The lowest BCUT2D eigenvalue weighted by Gasteiger charge is -2.36. The van der Waals surface area contributed by atoms with Crippen molar-refractivity contribution >= 4 is 11.4 Å². The van der Waals surface area contributed by atoms with Gasteiger partial charge in [-0.3, -0.25) is 0 Å². The van der Waals surface area contributed by atoms with Gasteiger partial charge in [0.2, 0.25) is 0 Å². The van der Waals surface area contributed by atoms with Crippen LogP contribution in [-0.4, -0.2) is 19.1 Å². The Morgan fingerprint density at radius 1 is 1.13 bits per heavy atom. The first-order chi connectivity index (χ1) is 7.45. The number of para-hydroxylation sites is 2. The fraction of sp³-hybridized carbons (Fsp3) is 0.538. The van der Waals surface area contributed by atoms with Crippen molar-refractivity contribution in [2.45, 2.75) is 31.7 Å². The summed E-state index contributed by atoms with van der Waals surface area (Å²) in [4.78, 5) is 2.61. The molecule has 1 N–H and O–H groups in total. The third-order valence-electron chi connectivity index (χ3n) is 3.65. The zero-order chi connectivity index (χ0) is 10.1. The maximum absolute atomic E-state index is 3.47. The molecule has 0 bridgehead atoms. The van der Waals surface area contributed by atoms with Crippen LogP contribution in [0.25, 0.3) is 0 Å². The monoisotopic (exact) mass is 202 g/mol. The summed E-state index contributed by atoms with van der Waals surface area (Å²) in [6.45, 7) is 2.26. The van der Waals surface area contributed by atoms with Crippen LogP contribution in [0.15, 0.2) is 24.3 Å². The van der Waals surface area contributed by atoms with Gasteiger partial charge >= 0.3 is 0 Å². The van der Waals surface area contributed by atoms with Gasteiger partial charge in [-0.1, -0.05) is 25.0 Å². The molecule has 1 aliphatic heterocycles. The number of hydrogen-bond acceptors (Lipinski definition) is 2. The Labute approximate surface area is 91.3 Å². The number of rotatable bonds is 1. The van der Waals surface area contributed by atoms with Gasteiger partial charge in [0.05, 0.1) is 11.4 Å². The molecule has 1 fully saturated rings. The summed E-state index contributed by atoms with van der Waals surface area (Å²) >= 11 is 0. The summed E-state index contributed by atoms with van der Waals surface area (Å²) in [5.41, 5.74) is 2.73. The smallest absolute Gasteiger partial charge is 0.0605 e. The largest absolute Gasteiger partial charge is 0.382 e. The van der Waals surface area contributed by atoms with Crippen LogP contribution >= 0.6 is 0 Å². The van der Waals surface area contributed by atoms with E-state index in [-0.39, 0.29) is 0 Å². The molecule has 2 nitrogen and oxygen atoms in total. The van der Waals surface area contributed by atoms with E-state index < -0.39 is 0 Å². The van der Waals surface area contributed by atoms with Crippen LogP contribution in [0.4, 0.5) is 11.4 Å². The number of nitrogens with zero attached hydrogens (tertiary/aromatic N) is 1. The number of fused-ring (bicyclic) bond motifs is 1. The van der Waals surface area contributed by atoms with Gasteiger partial charge in [-0.15, -0.1) is 0 Å². The van der Waals surface area contributed by atoms with Gasteiger partial charge in [0, 0.05) is 19.1 Å². The molecule has 1 aliphatic carbocycles. The van der Waals surface area contributed by atoms with Crippen molar-refractivity contribution in [3.63, 3.8) is 0 Å². The second-order valence-corrected chi connectivity index (χ2v) is 4.58. The minimum atomic E-state index is 0.799. The third-order valence-corrected chi connectivity index (χ3v) is 3.65. The van der Waals surface area contributed by atoms with E-state index in [0.717, 1.165) is 12.6 Å². The molecule has 0 amide bonds. The number of anilines is 2. The van der Waals surface area contributed by atoms with Crippen molar-refractivity contribution in [3.05, 3.63) is 24.3 Å². The lowest BCUT2D eigenvalue weighted by atomic mass is 10.1. The van der Waals surface area contributed by atoms with E-state index in [2.05, 4.69) is 34.5 Å². The highest BCUT2D eigenvalue weighted by Gasteiger charge is 2.25. The Morgan fingerprint density at radius 2 is 1.93 bits per heavy atom. The Hall–Kier alpha value is -1.18. The fourth-order valence-electron chi connectivity index (χ4n) is 2.90. The van der Waals surface area contributed by atoms with Crippen molar-refractivity contribution in [3.8, 4) is 0 Å². The van der Waals surface area contributed by atoms with Crippen molar-refractivity contribution in [2.75, 3.05) is 23.3 Å². The van der Waals surface area contributed by atoms with E-state index in [4.69, 9.17) is 0 Å². The minimum Gasteiger partial charge on any atom is -0.382 e. The average molecular weight is 202 g/mol. The summed E-state index contributed by atoms with van der Waals surface area (Å²) < 4.78 is 0. The zero-order valence-corrected chi connectivity index (χ0v) is 9.08. The lowest BCUT2D eigenvalue weighted by Crippen LogP contribution is -2.40. The molecule has 3 rings (SSSR count). The Kier molecular flexibility index (Phi) is 2.28. The molecule has 15 heavy (non-hydrogen) atoms. The molecule has 80 valence electrons. The third kappa shape index (κ3) is 1.58. The Balaban J connectivity index is 1.91. The first-order valence-corrected chi connectivity index (χ1v) is 6.05. The van der Waals surface area contributed by atoms with Crippen LogP contribution in [0.1, 0.15) is 25.7 Å². The lowest BCUT2D eigenvalue weighted by molar-refractivity contribution is 0.606. The van der Waals surface area contributed by atoms with Crippen LogP contribution in [0, 0.1) is 0 Å². The number of hydrogen-bond donors (Lipinski definition) is 1. The first-order valence-electron chi connectivity index (χ1n) is 6.05. The molecule has 1 saturated carbocycles. The highest BCUT2D eigenvalue weighted by Crippen LogP contribution is 2.34. The first kappa shape index (κ1) is 9.08. The molecular formula is C13H18N2. The molecule has 2 heteroatoms. The van der Waals surface area contributed by atoms with Crippen LogP contribution in [-0.2, 0) is 0 Å². The van der Waals surface area contributed by atoms with Crippen molar-refractivity contribution in [2.24, 2.45) is 0 Å². The normalized spacial score (nSPS) is 21.2. The molecule has 1 aromatic rings. The Morgan fingerprint density at radius 3 is 2.80 bits per heavy atom. The molecule has 1 heterocycles. The van der Waals surface area contributed by atoms with Gasteiger partial charge in [0.15, 0.2) is 0 Å². The summed E-state index contributed by atoms with van der Waals surface area (Å²) in [7, 11) is 0. The highest BCUT2D eigenvalue weighted by atomic mass is 15.2. The molecule has 0 atom stereocenters. The predicted octanol–water partition coefficient (Wildman–Crippen LogP) is 2.86. The van der Waals surface area contributed by atoms with Gasteiger partial charge in [0.25, 0.3) is 0 Å². The second kappa shape index (κ2) is 3.76. The highest BCUT2D eigenvalue weighted by molar-refractivity contribution is 5.72. The molecule has 0 saturated heterocycles. The van der Waals surface area contributed by atoms with Crippen LogP contribution in [0.3, 0.4) is 0 Å². The number of benzene rings is 1. The number of nitrogens with one attached hydrogen (secondary N) is 1. The molecule has 1 aromatic carbocycles. The van der Waals surface area contributed by atoms with E-state index in [1.54, 1.807) is 0 Å². The van der Waals surface area contributed by atoms with Crippen molar-refractivity contribution < 1.29 is 0 Å². The van der Waals surface area contributed by atoms with E-state index >= 15 is 0 Å². The van der Waals surface area contributed by atoms with Crippen molar-refractivity contribution in [1.82, 2.24) is 0 Å². The van der Waals surface area contributed by atoms with Gasteiger partial charge in [0.1, 0.15) is 0 Å². The molecule has 0 aromatic heterocycles. The molecule has 2 aliphatic rings. The van der Waals surface area contributed by atoms with Gasteiger partial charge in [-0.25, -0.2) is 0 Å². The summed E-state index contributed by atoms with van der Waals surface area (Å²) in [5, 5.41) is 3.47. The van der Waals surface area contributed by atoms with Gasteiger partial charge in [-0.2, -0.15) is 0 Å². The molecule has 0 spiro atoms. The molecule has 0 unspecified atom stereocenters. The summed E-state index contributed by atoms with van der Waals surface area (Å²) in [5.74, 6) is 0. The topological polar surface area (TPSA) is 15.3 Å². The predicted molar refractivity (Wildman–Crippen MR) is 64.5 cm³/mol. The minimum absolute atomic E-state index is 0.799. The zero-order valence-electron chi connectivity index (χ0n) is 9.08. The van der Waals surface area contributed by atoms with E-state index in [1.807, 2.05) is 0 Å². The summed E-state index contributed by atoms with van der Waals surface area (Å²) in [6, 6.07) is 9.50. The van der Waals surface area contributed by atoms with E-state index in [9.17, 15) is 0 Å². The SMILES string of the molecule is c1ccc2c(c1)NCCN2C1CCCC1. The summed E-state index contributed by atoms with van der Waals surface area (Å²) in [6.07, 6.45) is 5.59. The van der Waals surface area contributed by atoms with Gasteiger partial charge in [-0.05, 0) is 25.0 Å². The van der Waals surface area contributed by atoms with Crippen LogP contribution < -0.4 is 10.2 Å². The molecule has 0 radical (unpaired) electrons.